The van der Waals surface area contributed by atoms with E-state index in [4.69, 9.17) is 6.42 Å². The van der Waals surface area contributed by atoms with Gasteiger partial charge >= 0.3 is 5.69 Å². The number of nitrogens with zero attached hydrogens (tertiary/aromatic N) is 4. The number of phenolic OH excluding ortho intramolecular Hbond substituents is 1. The quantitative estimate of drug-likeness (QED) is 0.313. The van der Waals surface area contributed by atoms with E-state index in [0.29, 0.717) is 22.2 Å². The molecule has 0 fully saturated rings. The molecule has 0 bridgehead atoms. The number of fused-ring (bicyclic) bond motifs is 1. The van der Waals surface area contributed by atoms with Crippen molar-refractivity contribution in [1.82, 2.24) is 14.5 Å². The molecule has 0 aliphatic heterocycles. The van der Waals surface area contributed by atoms with Crippen LogP contribution >= 0.6 is 0 Å². The third kappa shape index (κ3) is 3.75. The Hall–Kier alpha value is -4.77. The first-order chi connectivity index (χ1) is 15.0. The van der Waals surface area contributed by atoms with Crippen molar-refractivity contribution in [3.05, 3.63) is 98.2 Å². The fraction of sp³-hybridized carbons (Fsp3) is 0. The summed E-state index contributed by atoms with van der Waals surface area (Å²) >= 11 is 0. The lowest BCUT2D eigenvalue weighted by molar-refractivity contribution is -0.385. The molecular formula is C23H14N4O4. The Bertz CT molecular complexity index is 1450. The van der Waals surface area contributed by atoms with Crippen LogP contribution in [0.25, 0.3) is 28.9 Å². The number of pyridine rings is 1. The van der Waals surface area contributed by atoms with Crippen LogP contribution < -0.4 is 5.56 Å². The van der Waals surface area contributed by atoms with Gasteiger partial charge in [0.2, 0.25) is 0 Å². The number of nitro benzene ring substituents is 1. The van der Waals surface area contributed by atoms with Crippen molar-refractivity contribution in [3.63, 3.8) is 0 Å². The van der Waals surface area contributed by atoms with Crippen LogP contribution in [-0.2, 0) is 0 Å². The minimum Gasteiger partial charge on any atom is -0.502 e. The summed E-state index contributed by atoms with van der Waals surface area (Å²) in [5, 5.41) is 21.1. The highest BCUT2D eigenvalue weighted by Crippen LogP contribution is 2.27. The molecule has 0 atom stereocenters. The van der Waals surface area contributed by atoms with Gasteiger partial charge in [-0.05, 0) is 54.1 Å². The van der Waals surface area contributed by atoms with Gasteiger partial charge in [0, 0.05) is 17.8 Å². The van der Waals surface area contributed by atoms with Crippen LogP contribution in [-0.4, -0.2) is 24.6 Å². The smallest absolute Gasteiger partial charge is 0.311 e. The van der Waals surface area contributed by atoms with Gasteiger partial charge in [-0.3, -0.25) is 19.5 Å². The first-order valence-electron chi connectivity index (χ1n) is 9.08. The van der Waals surface area contributed by atoms with E-state index in [1.165, 1.54) is 29.0 Å². The van der Waals surface area contributed by atoms with Gasteiger partial charge in [-0.15, -0.1) is 6.42 Å². The molecule has 4 rings (SSSR count). The molecule has 0 unspecified atom stereocenters. The Labute approximate surface area is 175 Å². The fourth-order valence-electron chi connectivity index (χ4n) is 3.07. The maximum atomic E-state index is 13.2. The maximum Gasteiger partial charge on any atom is 0.311 e. The van der Waals surface area contributed by atoms with Gasteiger partial charge in [-0.2, -0.15) is 0 Å². The predicted octanol–water partition coefficient (Wildman–Crippen LogP) is 3.55. The predicted molar refractivity (Wildman–Crippen MR) is 117 cm³/mol. The SMILES string of the molecule is C#Cc1ccc(-n2c(/C=C/c3ccc(O)c([N+](=O)[O-])c3)nc3ncccc3c2=O)cc1. The molecule has 150 valence electrons. The molecule has 2 heterocycles. The summed E-state index contributed by atoms with van der Waals surface area (Å²) < 4.78 is 1.41. The number of benzene rings is 2. The zero-order chi connectivity index (χ0) is 22.0. The Morgan fingerprint density at radius 2 is 1.90 bits per heavy atom. The van der Waals surface area contributed by atoms with Gasteiger partial charge in [-0.1, -0.05) is 18.1 Å². The van der Waals surface area contributed by atoms with Gasteiger partial charge in [0.1, 0.15) is 5.82 Å². The molecule has 1 N–H and O–H groups in total. The van der Waals surface area contributed by atoms with Crippen LogP contribution in [0.3, 0.4) is 0 Å². The van der Waals surface area contributed by atoms with E-state index < -0.39 is 16.4 Å². The molecule has 2 aromatic heterocycles. The lowest BCUT2D eigenvalue weighted by atomic mass is 10.1. The monoisotopic (exact) mass is 410 g/mol. The van der Waals surface area contributed by atoms with E-state index in [-0.39, 0.29) is 17.0 Å². The average molecular weight is 410 g/mol. The molecule has 8 heteroatoms. The van der Waals surface area contributed by atoms with E-state index >= 15 is 0 Å². The maximum absolute atomic E-state index is 13.2. The summed E-state index contributed by atoms with van der Waals surface area (Å²) in [6.07, 6.45) is 10.1. The molecule has 0 amide bonds. The Balaban J connectivity index is 1.89. The number of hydrogen-bond acceptors (Lipinski definition) is 6. The summed E-state index contributed by atoms with van der Waals surface area (Å²) in [5.74, 6) is 2.38. The number of nitro groups is 1. The van der Waals surface area contributed by atoms with Crippen molar-refractivity contribution in [3.8, 4) is 23.8 Å². The number of aromatic nitrogens is 3. The minimum absolute atomic E-state index is 0.278. The Morgan fingerprint density at radius 1 is 1.13 bits per heavy atom. The molecule has 0 saturated heterocycles. The number of rotatable bonds is 4. The number of terminal acetylenes is 1. The molecule has 0 saturated carbocycles. The average Bonchev–Trinajstić information content (AvgIpc) is 2.78. The summed E-state index contributed by atoms with van der Waals surface area (Å²) in [6.45, 7) is 0. The molecule has 4 aromatic rings. The minimum atomic E-state index is -0.673. The highest BCUT2D eigenvalue weighted by Gasteiger charge is 2.14. The molecule has 0 aliphatic rings. The number of hydrogen-bond donors (Lipinski definition) is 1. The van der Waals surface area contributed by atoms with Crippen molar-refractivity contribution in [2.24, 2.45) is 0 Å². The van der Waals surface area contributed by atoms with Gasteiger partial charge < -0.3 is 5.11 Å². The zero-order valence-electron chi connectivity index (χ0n) is 16.0. The molecule has 31 heavy (non-hydrogen) atoms. The van der Waals surface area contributed by atoms with Gasteiger partial charge in [0.15, 0.2) is 11.4 Å². The van der Waals surface area contributed by atoms with Crippen molar-refractivity contribution in [2.45, 2.75) is 0 Å². The second kappa shape index (κ2) is 7.93. The zero-order valence-corrected chi connectivity index (χ0v) is 16.0. The van der Waals surface area contributed by atoms with Crippen LogP contribution in [0.5, 0.6) is 5.75 Å². The van der Waals surface area contributed by atoms with Crippen LogP contribution in [0, 0.1) is 22.5 Å². The topological polar surface area (TPSA) is 111 Å². The molecule has 2 aromatic carbocycles. The molecule has 8 nitrogen and oxygen atoms in total. The molecule has 0 radical (unpaired) electrons. The lowest BCUT2D eigenvalue weighted by Crippen LogP contribution is -2.22. The van der Waals surface area contributed by atoms with Gasteiger partial charge in [0.05, 0.1) is 16.0 Å². The van der Waals surface area contributed by atoms with E-state index in [1.54, 1.807) is 48.6 Å². The van der Waals surface area contributed by atoms with E-state index in [2.05, 4.69) is 15.9 Å². The van der Waals surface area contributed by atoms with Crippen LogP contribution in [0.4, 0.5) is 5.69 Å². The highest BCUT2D eigenvalue weighted by atomic mass is 16.6. The van der Waals surface area contributed by atoms with Gasteiger partial charge in [-0.25, -0.2) is 9.97 Å². The van der Waals surface area contributed by atoms with Crippen molar-refractivity contribution >= 4 is 28.9 Å². The van der Waals surface area contributed by atoms with E-state index in [1.807, 2.05) is 0 Å². The second-order valence-electron chi connectivity index (χ2n) is 6.51. The third-order valence-electron chi connectivity index (χ3n) is 4.58. The van der Waals surface area contributed by atoms with Gasteiger partial charge in [0.25, 0.3) is 5.56 Å². The first-order valence-corrected chi connectivity index (χ1v) is 9.08. The third-order valence-corrected chi connectivity index (χ3v) is 4.58. The Morgan fingerprint density at radius 3 is 2.61 bits per heavy atom. The number of aromatic hydroxyl groups is 1. The standard InChI is InChI=1S/C23H14N4O4/c1-2-15-5-9-17(10-6-15)26-21(25-22-18(23(26)29)4-3-13-24-22)12-8-16-7-11-20(28)19(14-16)27(30)31/h1,3-14,28H/b12-8+. The van der Waals surface area contributed by atoms with Crippen molar-refractivity contribution in [1.29, 1.82) is 0 Å². The largest absolute Gasteiger partial charge is 0.502 e. The van der Waals surface area contributed by atoms with Crippen LogP contribution in [0.2, 0.25) is 0 Å². The van der Waals surface area contributed by atoms with Crippen LogP contribution in [0.1, 0.15) is 17.0 Å². The lowest BCUT2D eigenvalue weighted by Gasteiger charge is -2.11. The van der Waals surface area contributed by atoms with Crippen LogP contribution in [0.15, 0.2) is 65.6 Å². The normalized spacial score (nSPS) is 10.9. The summed E-state index contributed by atoms with van der Waals surface area (Å²) in [5.41, 5.74) is 1.22. The Kier molecular flexibility index (Phi) is 5.00. The summed E-state index contributed by atoms with van der Waals surface area (Å²) in [4.78, 5) is 32.2. The first kappa shape index (κ1) is 19.5. The van der Waals surface area contributed by atoms with E-state index in [9.17, 15) is 20.0 Å². The molecule has 0 aliphatic carbocycles. The molecule has 0 spiro atoms. The summed E-state index contributed by atoms with van der Waals surface area (Å²) in [7, 11) is 0. The number of phenols is 1. The summed E-state index contributed by atoms with van der Waals surface area (Å²) in [6, 6.07) is 14.1. The fourth-order valence-corrected chi connectivity index (χ4v) is 3.07. The highest BCUT2D eigenvalue weighted by molar-refractivity contribution is 5.77. The van der Waals surface area contributed by atoms with E-state index in [0.717, 1.165) is 0 Å². The van der Waals surface area contributed by atoms with Crippen molar-refractivity contribution in [2.75, 3.05) is 0 Å². The van der Waals surface area contributed by atoms with Crippen molar-refractivity contribution < 1.29 is 10.0 Å². The molecular weight excluding hydrogens is 396 g/mol. The second-order valence-corrected chi connectivity index (χ2v) is 6.51.